The summed E-state index contributed by atoms with van der Waals surface area (Å²) < 4.78 is 5.92. The number of nitrogens with one attached hydrogen (secondary N) is 1. The maximum Gasteiger partial charge on any atom is 0.142 e. The molecule has 1 aromatic heterocycles. The zero-order chi connectivity index (χ0) is 12.7. The second-order valence-electron chi connectivity index (χ2n) is 4.74. The Morgan fingerprint density at radius 3 is 2.76 bits per heavy atom. The summed E-state index contributed by atoms with van der Waals surface area (Å²) >= 11 is 0. The highest BCUT2D eigenvalue weighted by Gasteiger charge is 2.08. The first-order chi connectivity index (χ1) is 8.13. The van der Waals surface area contributed by atoms with Crippen LogP contribution in [0.2, 0.25) is 0 Å². The molecule has 0 amide bonds. The zero-order valence-electron chi connectivity index (χ0n) is 11.4. The summed E-state index contributed by atoms with van der Waals surface area (Å²) in [6.45, 7) is 9.39. The minimum atomic E-state index is 0.252. The first-order valence-corrected chi connectivity index (χ1v) is 6.46. The molecular weight excluding hydrogens is 212 g/mol. The monoisotopic (exact) mass is 236 g/mol. The maximum atomic E-state index is 5.92. The van der Waals surface area contributed by atoms with Crippen molar-refractivity contribution in [3.63, 3.8) is 0 Å². The summed E-state index contributed by atoms with van der Waals surface area (Å²) in [4.78, 5) is 4.13. The van der Waals surface area contributed by atoms with E-state index in [0.29, 0.717) is 6.04 Å². The molecule has 0 bridgehead atoms. The molecule has 0 radical (unpaired) electrons. The van der Waals surface area contributed by atoms with Crippen molar-refractivity contribution in [1.29, 1.82) is 0 Å². The van der Waals surface area contributed by atoms with Crippen molar-refractivity contribution >= 4 is 0 Å². The van der Waals surface area contributed by atoms with Gasteiger partial charge in [-0.15, -0.1) is 0 Å². The quantitative estimate of drug-likeness (QED) is 0.789. The molecule has 1 N–H and O–H groups in total. The largest absolute Gasteiger partial charge is 0.489 e. The number of rotatable bonds is 7. The third-order valence-corrected chi connectivity index (χ3v) is 2.59. The van der Waals surface area contributed by atoms with Gasteiger partial charge in [0.2, 0.25) is 0 Å². The van der Waals surface area contributed by atoms with Crippen LogP contribution in [-0.2, 0) is 6.54 Å². The van der Waals surface area contributed by atoms with Crippen LogP contribution in [0.15, 0.2) is 18.5 Å². The SMILES string of the molecule is CCCC(C)Oc1cnccc1CNC(C)C. The molecule has 3 heteroatoms. The first kappa shape index (κ1) is 14.0. The number of nitrogens with zero attached hydrogens (tertiary/aromatic N) is 1. The summed E-state index contributed by atoms with van der Waals surface area (Å²) in [7, 11) is 0. The molecule has 1 unspecified atom stereocenters. The van der Waals surface area contributed by atoms with Gasteiger partial charge in [-0.25, -0.2) is 0 Å². The van der Waals surface area contributed by atoms with Gasteiger partial charge in [-0.2, -0.15) is 0 Å². The lowest BCUT2D eigenvalue weighted by Crippen LogP contribution is -2.22. The van der Waals surface area contributed by atoms with Crippen LogP contribution in [0.1, 0.15) is 46.1 Å². The second-order valence-corrected chi connectivity index (χ2v) is 4.74. The van der Waals surface area contributed by atoms with E-state index in [1.165, 1.54) is 5.56 Å². The smallest absolute Gasteiger partial charge is 0.142 e. The fraction of sp³-hybridized carbons (Fsp3) is 0.643. The number of hydrogen-bond acceptors (Lipinski definition) is 3. The summed E-state index contributed by atoms with van der Waals surface area (Å²) in [5.41, 5.74) is 1.18. The van der Waals surface area contributed by atoms with Crippen LogP contribution in [0.3, 0.4) is 0 Å². The Hall–Kier alpha value is -1.09. The van der Waals surface area contributed by atoms with E-state index in [-0.39, 0.29) is 6.10 Å². The van der Waals surface area contributed by atoms with E-state index >= 15 is 0 Å². The molecule has 0 aliphatic carbocycles. The predicted octanol–water partition coefficient (Wildman–Crippen LogP) is 3.15. The lowest BCUT2D eigenvalue weighted by Gasteiger charge is -2.17. The number of pyridine rings is 1. The van der Waals surface area contributed by atoms with Crippen molar-refractivity contribution in [3.05, 3.63) is 24.0 Å². The molecule has 1 rings (SSSR count). The van der Waals surface area contributed by atoms with E-state index < -0.39 is 0 Å². The zero-order valence-corrected chi connectivity index (χ0v) is 11.4. The molecule has 0 fully saturated rings. The van der Waals surface area contributed by atoms with Crippen LogP contribution >= 0.6 is 0 Å². The minimum absolute atomic E-state index is 0.252. The van der Waals surface area contributed by atoms with Gasteiger partial charge in [-0.3, -0.25) is 4.98 Å². The van der Waals surface area contributed by atoms with Gasteiger partial charge < -0.3 is 10.1 Å². The lowest BCUT2D eigenvalue weighted by atomic mass is 10.2. The highest BCUT2D eigenvalue weighted by molar-refractivity contribution is 5.29. The van der Waals surface area contributed by atoms with Crippen molar-refractivity contribution in [2.45, 2.75) is 59.2 Å². The molecule has 0 aliphatic heterocycles. The fourth-order valence-corrected chi connectivity index (χ4v) is 1.66. The van der Waals surface area contributed by atoms with E-state index in [9.17, 15) is 0 Å². The molecule has 0 aliphatic rings. The summed E-state index contributed by atoms with van der Waals surface area (Å²) in [5, 5.41) is 3.40. The topological polar surface area (TPSA) is 34.1 Å². The van der Waals surface area contributed by atoms with Gasteiger partial charge in [0.05, 0.1) is 12.3 Å². The molecule has 0 aromatic carbocycles. The Kier molecular flexibility index (Phi) is 5.98. The van der Waals surface area contributed by atoms with Crippen LogP contribution in [0, 0.1) is 0 Å². The van der Waals surface area contributed by atoms with E-state index in [1.54, 1.807) is 0 Å². The summed E-state index contributed by atoms with van der Waals surface area (Å²) in [5.74, 6) is 0.904. The van der Waals surface area contributed by atoms with Gasteiger partial charge in [-0.05, 0) is 19.4 Å². The normalized spacial score (nSPS) is 12.8. The Balaban J connectivity index is 2.63. The highest BCUT2D eigenvalue weighted by atomic mass is 16.5. The standard InChI is InChI=1S/C14H24N2O/c1-5-6-12(4)17-14-10-15-8-7-13(14)9-16-11(2)3/h7-8,10-12,16H,5-6,9H2,1-4H3. The molecule has 3 nitrogen and oxygen atoms in total. The number of ether oxygens (including phenoxy) is 1. The van der Waals surface area contributed by atoms with E-state index in [0.717, 1.165) is 25.1 Å². The molecule has 0 spiro atoms. The predicted molar refractivity (Wildman–Crippen MR) is 71.2 cm³/mol. The van der Waals surface area contributed by atoms with Gasteiger partial charge in [0, 0.05) is 24.3 Å². The van der Waals surface area contributed by atoms with E-state index in [4.69, 9.17) is 4.74 Å². The highest BCUT2D eigenvalue weighted by Crippen LogP contribution is 2.19. The summed E-state index contributed by atoms with van der Waals surface area (Å²) in [6, 6.07) is 2.49. The summed E-state index contributed by atoms with van der Waals surface area (Å²) in [6.07, 6.45) is 6.09. The van der Waals surface area contributed by atoms with Crippen molar-refractivity contribution in [1.82, 2.24) is 10.3 Å². The Labute approximate surface area is 105 Å². The minimum Gasteiger partial charge on any atom is -0.489 e. The molecule has 17 heavy (non-hydrogen) atoms. The van der Waals surface area contributed by atoms with Crippen molar-refractivity contribution < 1.29 is 4.74 Å². The second kappa shape index (κ2) is 7.28. The molecule has 0 saturated carbocycles. The van der Waals surface area contributed by atoms with Gasteiger partial charge in [-0.1, -0.05) is 27.2 Å². The Morgan fingerprint density at radius 1 is 1.35 bits per heavy atom. The van der Waals surface area contributed by atoms with Gasteiger partial charge in [0.15, 0.2) is 0 Å². The number of hydrogen-bond donors (Lipinski definition) is 1. The molecule has 1 aromatic rings. The third kappa shape index (κ3) is 5.18. The van der Waals surface area contributed by atoms with Gasteiger partial charge in [0.1, 0.15) is 5.75 Å². The van der Waals surface area contributed by atoms with Crippen molar-refractivity contribution in [2.24, 2.45) is 0 Å². The molecule has 0 saturated heterocycles. The van der Waals surface area contributed by atoms with Gasteiger partial charge >= 0.3 is 0 Å². The van der Waals surface area contributed by atoms with Gasteiger partial charge in [0.25, 0.3) is 0 Å². The van der Waals surface area contributed by atoms with E-state index in [2.05, 4.69) is 38.0 Å². The van der Waals surface area contributed by atoms with Crippen LogP contribution in [0.25, 0.3) is 0 Å². The molecule has 1 heterocycles. The van der Waals surface area contributed by atoms with Crippen LogP contribution in [-0.4, -0.2) is 17.1 Å². The van der Waals surface area contributed by atoms with Crippen LogP contribution < -0.4 is 10.1 Å². The fourth-order valence-electron chi connectivity index (χ4n) is 1.66. The average Bonchev–Trinajstić information content (AvgIpc) is 2.28. The number of aromatic nitrogens is 1. The van der Waals surface area contributed by atoms with Crippen molar-refractivity contribution in [2.75, 3.05) is 0 Å². The molecule has 1 atom stereocenters. The average molecular weight is 236 g/mol. The van der Waals surface area contributed by atoms with Crippen LogP contribution in [0.4, 0.5) is 0 Å². The lowest BCUT2D eigenvalue weighted by molar-refractivity contribution is 0.206. The van der Waals surface area contributed by atoms with Crippen LogP contribution in [0.5, 0.6) is 5.75 Å². The maximum absolute atomic E-state index is 5.92. The molecule has 96 valence electrons. The van der Waals surface area contributed by atoms with E-state index in [1.807, 2.05) is 18.5 Å². The Bertz CT molecular complexity index is 326. The first-order valence-electron chi connectivity index (χ1n) is 6.46. The third-order valence-electron chi connectivity index (χ3n) is 2.59. The molecular formula is C14H24N2O. The van der Waals surface area contributed by atoms with Crippen molar-refractivity contribution in [3.8, 4) is 5.75 Å². The Morgan fingerprint density at radius 2 is 2.12 bits per heavy atom.